The molecule has 2 aliphatic rings. The van der Waals surface area contributed by atoms with E-state index in [9.17, 15) is 14.7 Å². The monoisotopic (exact) mass is 529 g/mol. The lowest BCUT2D eigenvalue weighted by atomic mass is 9.85. The van der Waals surface area contributed by atoms with Crippen LogP contribution in [0.4, 0.5) is 4.79 Å². The fraction of sp³-hybridized carbons (Fsp3) is 0.355. The van der Waals surface area contributed by atoms with Crippen molar-refractivity contribution in [2.75, 3.05) is 40.5 Å². The van der Waals surface area contributed by atoms with E-state index in [0.717, 1.165) is 28.8 Å². The predicted octanol–water partition coefficient (Wildman–Crippen LogP) is 4.51. The van der Waals surface area contributed by atoms with Gasteiger partial charge in [-0.1, -0.05) is 42.5 Å². The van der Waals surface area contributed by atoms with Gasteiger partial charge in [0.25, 0.3) is 5.91 Å². The summed E-state index contributed by atoms with van der Waals surface area (Å²) >= 11 is 0. The summed E-state index contributed by atoms with van der Waals surface area (Å²) in [5, 5.41) is 9.87. The first kappa shape index (κ1) is 26.7. The van der Waals surface area contributed by atoms with Gasteiger partial charge in [-0.2, -0.15) is 0 Å². The number of benzene rings is 3. The number of likely N-dealkylation sites (tertiary alicyclic amines) is 1. The van der Waals surface area contributed by atoms with Gasteiger partial charge in [-0.3, -0.25) is 14.6 Å². The van der Waals surface area contributed by atoms with Gasteiger partial charge in [0, 0.05) is 33.3 Å². The quantitative estimate of drug-likeness (QED) is 0.411. The second-order valence-electron chi connectivity index (χ2n) is 10.2. The van der Waals surface area contributed by atoms with Crippen LogP contribution < -0.4 is 4.74 Å². The number of nitrogens with zero attached hydrogens (tertiary/aromatic N) is 3. The summed E-state index contributed by atoms with van der Waals surface area (Å²) in [6.45, 7) is 3.11. The lowest BCUT2D eigenvalue weighted by molar-refractivity contribution is -0.136. The largest absolute Gasteiger partial charge is 0.508 e. The van der Waals surface area contributed by atoms with E-state index < -0.39 is 5.54 Å². The summed E-state index contributed by atoms with van der Waals surface area (Å²) in [6.07, 6.45) is 1.14. The molecular weight excluding hydrogens is 494 g/mol. The fourth-order valence-electron chi connectivity index (χ4n) is 5.73. The maximum absolute atomic E-state index is 13.9. The van der Waals surface area contributed by atoms with E-state index in [1.165, 1.54) is 4.90 Å². The third kappa shape index (κ3) is 5.48. The van der Waals surface area contributed by atoms with Gasteiger partial charge >= 0.3 is 6.03 Å². The summed E-state index contributed by atoms with van der Waals surface area (Å²) in [6, 6.07) is 22.8. The zero-order valence-electron chi connectivity index (χ0n) is 22.5. The number of imide groups is 1. The predicted molar refractivity (Wildman–Crippen MR) is 148 cm³/mol. The van der Waals surface area contributed by atoms with Crippen LogP contribution in [0.15, 0.2) is 72.8 Å². The maximum atomic E-state index is 13.9. The number of aromatic hydroxyl groups is 1. The van der Waals surface area contributed by atoms with Crippen LogP contribution in [0, 0.1) is 0 Å². The summed E-state index contributed by atoms with van der Waals surface area (Å²) in [5.41, 5.74) is 3.18. The standard InChI is InChI=1S/C31H35N3O5/c1-38-17-16-34-30(37)33(22-24-7-4-11-28(19-24)39-2)29(36)31(34)12-14-32(15-13-31)21-23-6-3-8-25(18-23)26-9-5-10-27(35)20-26/h3-11,18-20,35H,12-17,21-22H2,1-2H3. The number of phenolic OH excluding ortho intramolecular Hbond substituents is 1. The highest BCUT2D eigenvalue weighted by Gasteiger charge is 2.57. The number of piperidine rings is 1. The molecule has 0 aliphatic carbocycles. The zero-order chi connectivity index (χ0) is 27.4. The minimum atomic E-state index is -0.853. The number of ether oxygens (including phenoxy) is 2. The average molecular weight is 530 g/mol. The maximum Gasteiger partial charge on any atom is 0.328 e. The van der Waals surface area contributed by atoms with E-state index in [4.69, 9.17) is 9.47 Å². The lowest BCUT2D eigenvalue weighted by Gasteiger charge is -2.42. The highest BCUT2D eigenvalue weighted by molar-refractivity contribution is 6.07. The molecule has 0 aromatic heterocycles. The van der Waals surface area contributed by atoms with Crippen LogP contribution in [0.1, 0.15) is 24.0 Å². The van der Waals surface area contributed by atoms with Crippen LogP contribution in [0.2, 0.25) is 0 Å². The number of phenols is 1. The number of methoxy groups -OCH3 is 2. The van der Waals surface area contributed by atoms with Crippen molar-refractivity contribution >= 4 is 11.9 Å². The number of urea groups is 1. The van der Waals surface area contributed by atoms with Crippen LogP contribution in [0.3, 0.4) is 0 Å². The van der Waals surface area contributed by atoms with Crippen molar-refractivity contribution in [3.8, 4) is 22.6 Å². The average Bonchev–Trinajstić information content (AvgIpc) is 3.14. The molecule has 2 fully saturated rings. The molecule has 3 aromatic rings. The van der Waals surface area contributed by atoms with E-state index in [0.29, 0.717) is 44.8 Å². The third-order valence-corrected chi connectivity index (χ3v) is 7.81. The smallest absolute Gasteiger partial charge is 0.328 e. The Morgan fingerprint density at radius 3 is 2.21 bits per heavy atom. The summed E-state index contributed by atoms with van der Waals surface area (Å²) in [4.78, 5) is 32.9. The first-order valence-electron chi connectivity index (χ1n) is 13.3. The molecule has 1 N–H and O–H groups in total. The summed E-state index contributed by atoms with van der Waals surface area (Å²) in [5.74, 6) is 0.810. The molecule has 0 bridgehead atoms. The molecule has 2 aliphatic heterocycles. The Kier molecular flexibility index (Phi) is 7.86. The normalized spacial score (nSPS) is 17.3. The molecule has 0 saturated carbocycles. The lowest BCUT2D eigenvalue weighted by Crippen LogP contribution is -2.57. The van der Waals surface area contributed by atoms with Gasteiger partial charge in [0.15, 0.2) is 0 Å². The number of amides is 3. The first-order valence-corrected chi connectivity index (χ1v) is 13.3. The topological polar surface area (TPSA) is 82.6 Å². The minimum Gasteiger partial charge on any atom is -0.508 e. The van der Waals surface area contributed by atoms with Crippen LogP contribution in [-0.4, -0.2) is 77.7 Å². The molecule has 0 atom stereocenters. The number of hydrogen-bond donors (Lipinski definition) is 1. The molecular formula is C31H35N3O5. The third-order valence-electron chi connectivity index (χ3n) is 7.81. The van der Waals surface area contributed by atoms with E-state index >= 15 is 0 Å². The van der Waals surface area contributed by atoms with Crippen LogP contribution in [0.5, 0.6) is 11.5 Å². The number of rotatable bonds is 9. The Morgan fingerprint density at radius 1 is 0.846 bits per heavy atom. The molecule has 2 saturated heterocycles. The highest BCUT2D eigenvalue weighted by atomic mass is 16.5. The molecule has 2 heterocycles. The van der Waals surface area contributed by atoms with Crippen molar-refractivity contribution in [3.63, 3.8) is 0 Å². The Labute approximate surface area is 229 Å². The fourth-order valence-corrected chi connectivity index (χ4v) is 5.73. The van der Waals surface area contributed by atoms with Gasteiger partial charge < -0.3 is 19.5 Å². The molecule has 1 spiro atoms. The van der Waals surface area contributed by atoms with E-state index in [2.05, 4.69) is 17.0 Å². The van der Waals surface area contributed by atoms with Crippen molar-refractivity contribution in [1.29, 1.82) is 0 Å². The van der Waals surface area contributed by atoms with Crippen LogP contribution in [0.25, 0.3) is 11.1 Å². The second-order valence-corrected chi connectivity index (χ2v) is 10.2. The number of carbonyl (C=O) groups is 2. The molecule has 3 amide bonds. The van der Waals surface area contributed by atoms with Crippen LogP contribution in [-0.2, 0) is 22.6 Å². The minimum absolute atomic E-state index is 0.128. The Balaban J connectivity index is 1.30. The van der Waals surface area contributed by atoms with Gasteiger partial charge in [-0.15, -0.1) is 0 Å². The Bertz CT molecular complexity index is 1340. The zero-order valence-corrected chi connectivity index (χ0v) is 22.5. The van der Waals surface area contributed by atoms with Crippen molar-refractivity contribution in [3.05, 3.63) is 83.9 Å². The van der Waals surface area contributed by atoms with Gasteiger partial charge in [0.05, 0.1) is 20.3 Å². The van der Waals surface area contributed by atoms with Crippen molar-refractivity contribution in [1.82, 2.24) is 14.7 Å². The number of carbonyl (C=O) groups excluding carboxylic acids is 2. The molecule has 5 rings (SSSR count). The van der Waals surface area contributed by atoms with Gasteiger partial charge in [0.1, 0.15) is 17.0 Å². The van der Waals surface area contributed by atoms with E-state index in [1.807, 2.05) is 48.5 Å². The van der Waals surface area contributed by atoms with Crippen molar-refractivity contribution in [2.24, 2.45) is 0 Å². The summed E-state index contributed by atoms with van der Waals surface area (Å²) in [7, 11) is 3.21. The number of hydrogen-bond acceptors (Lipinski definition) is 6. The molecule has 0 radical (unpaired) electrons. The van der Waals surface area contributed by atoms with E-state index in [1.54, 1.807) is 31.3 Å². The van der Waals surface area contributed by atoms with Crippen LogP contribution >= 0.6 is 0 Å². The Hall–Kier alpha value is -3.88. The summed E-state index contributed by atoms with van der Waals surface area (Å²) < 4.78 is 10.6. The highest BCUT2D eigenvalue weighted by Crippen LogP contribution is 2.38. The van der Waals surface area contributed by atoms with Gasteiger partial charge in [-0.25, -0.2) is 4.79 Å². The second kappa shape index (κ2) is 11.5. The SMILES string of the molecule is COCCN1C(=O)N(Cc2cccc(OC)c2)C(=O)C12CCN(Cc1cccc(-c3cccc(O)c3)c1)CC2. The van der Waals surface area contributed by atoms with Gasteiger partial charge in [0.2, 0.25) is 0 Å². The molecule has 39 heavy (non-hydrogen) atoms. The molecule has 8 nitrogen and oxygen atoms in total. The van der Waals surface area contributed by atoms with E-state index in [-0.39, 0.29) is 24.2 Å². The van der Waals surface area contributed by atoms with Crippen molar-refractivity contribution < 1.29 is 24.2 Å². The Morgan fingerprint density at radius 2 is 1.51 bits per heavy atom. The molecule has 204 valence electrons. The molecule has 3 aromatic carbocycles. The molecule has 8 heteroatoms. The van der Waals surface area contributed by atoms with Crippen molar-refractivity contribution in [2.45, 2.75) is 31.5 Å². The van der Waals surface area contributed by atoms with Gasteiger partial charge in [-0.05, 0) is 65.4 Å². The first-order chi connectivity index (χ1) is 18.9. The molecule has 0 unspecified atom stereocenters.